The first-order valence-electron chi connectivity index (χ1n) is 6.83. The molecule has 4 nitrogen and oxygen atoms in total. The van der Waals surface area contributed by atoms with Crippen LogP contribution in [0.2, 0.25) is 0 Å². The van der Waals surface area contributed by atoms with Crippen LogP contribution in [-0.2, 0) is 6.54 Å². The monoisotopic (exact) mass is 333 g/mol. The van der Waals surface area contributed by atoms with Crippen molar-refractivity contribution >= 4 is 30.7 Å². The van der Waals surface area contributed by atoms with Gasteiger partial charge >= 0.3 is 0 Å². The van der Waals surface area contributed by atoms with Crippen molar-refractivity contribution in [3.63, 3.8) is 0 Å². The lowest BCUT2D eigenvalue weighted by atomic mass is 10.1. The fraction of sp³-hybridized carbons (Fsp3) is 0.533. The van der Waals surface area contributed by atoms with Gasteiger partial charge in [-0.25, -0.2) is 0 Å². The van der Waals surface area contributed by atoms with Gasteiger partial charge in [0.05, 0.1) is 0 Å². The molecule has 6 heteroatoms. The molecular formula is C15H25Cl2N3O. The molecule has 1 aromatic carbocycles. The van der Waals surface area contributed by atoms with E-state index in [4.69, 9.17) is 0 Å². The third kappa shape index (κ3) is 5.47. The number of amides is 1. The second-order valence-electron chi connectivity index (χ2n) is 5.49. The molecule has 0 saturated carbocycles. The van der Waals surface area contributed by atoms with Gasteiger partial charge in [-0.05, 0) is 38.7 Å². The Bertz CT molecular complexity index is 454. The first kappa shape index (κ1) is 20.2. The number of rotatable bonds is 3. The summed E-state index contributed by atoms with van der Waals surface area (Å²) >= 11 is 0. The first-order chi connectivity index (χ1) is 9.08. The molecule has 0 aliphatic carbocycles. The van der Waals surface area contributed by atoms with Crippen LogP contribution in [-0.4, -0.2) is 55.5 Å². The van der Waals surface area contributed by atoms with Crippen molar-refractivity contribution in [2.75, 3.05) is 33.7 Å². The zero-order valence-corrected chi connectivity index (χ0v) is 14.5. The van der Waals surface area contributed by atoms with Crippen LogP contribution in [0.25, 0.3) is 0 Å². The SMILES string of the molecule is CC1CNCCN1C(=O)c1cccc(CN(C)C)c1.Cl.Cl. The molecule has 120 valence electrons. The standard InChI is InChI=1S/C15H23N3O.2ClH/c1-12-10-16-7-8-18(12)15(19)14-6-4-5-13(9-14)11-17(2)3;;/h4-6,9,12,16H,7-8,10-11H2,1-3H3;2*1H. The van der Waals surface area contributed by atoms with Crippen LogP contribution in [0.4, 0.5) is 0 Å². The molecule has 2 rings (SSSR count). The maximum atomic E-state index is 12.5. The van der Waals surface area contributed by atoms with Gasteiger partial charge < -0.3 is 15.1 Å². The van der Waals surface area contributed by atoms with Crippen molar-refractivity contribution < 1.29 is 4.79 Å². The molecule has 1 aliphatic heterocycles. The lowest BCUT2D eigenvalue weighted by Crippen LogP contribution is -2.52. The molecule has 1 N–H and O–H groups in total. The summed E-state index contributed by atoms with van der Waals surface area (Å²) in [5, 5.41) is 3.31. The Hall–Kier alpha value is -0.810. The van der Waals surface area contributed by atoms with E-state index in [1.54, 1.807) is 0 Å². The molecule has 1 unspecified atom stereocenters. The van der Waals surface area contributed by atoms with Gasteiger partial charge in [0, 0.05) is 37.8 Å². The van der Waals surface area contributed by atoms with Crippen molar-refractivity contribution in [2.45, 2.75) is 19.5 Å². The van der Waals surface area contributed by atoms with E-state index in [-0.39, 0.29) is 36.8 Å². The van der Waals surface area contributed by atoms with E-state index in [2.05, 4.69) is 23.2 Å². The minimum Gasteiger partial charge on any atom is -0.333 e. The lowest BCUT2D eigenvalue weighted by Gasteiger charge is -2.34. The Kier molecular flexibility index (Phi) is 8.90. The first-order valence-corrected chi connectivity index (χ1v) is 6.83. The van der Waals surface area contributed by atoms with Crippen LogP contribution < -0.4 is 5.32 Å². The molecular weight excluding hydrogens is 309 g/mol. The average Bonchev–Trinajstić information content (AvgIpc) is 2.38. The zero-order chi connectivity index (χ0) is 13.8. The van der Waals surface area contributed by atoms with Crippen LogP contribution in [0, 0.1) is 0 Å². The number of benzene rings is 1. The number of nitrogens with one attached hydrogen (secondary N) is 1. The summed E-state index contributed by atoms with van der Waals surface area (Å²) in [5.41, 5.74) is 1.98. The Labute approximate surface area is 139 Å². The minimum absolute atomic E-state index is 0. The van der Waals surface area contributed by atoms with Gasteiger partial charge in [0.2, 0.25) is 0 Å². The summed E-state index contributed by atoms with van der Waals surface area (Å²) in [6.07, 6.45) is 0. The number of hydrogen-bond acceptors (Lipinski definition) is 3. The molecule has 1 saturated heterocycles. The second-order valence-corrected chi connectivity index (χ2v) is 5.49. The van der Waals surface area contributed by atoms with E-state index in [1.165, 1.54) is 5.56 Å². The van der Waals surface area contributed by atoms with E-state index < -0.39 is 0 Å². The van der Waals surface area contributed by atoms with E-state index in [1.807, 2.05) is 37.2 Å². The third-order valence-electron chi connectivity index (χ3n) is 3.43. The van der Waals surface area contributed by atoms with Gasteiger partial charge in [0.15, 0.2) is 0 Å². The lowest BCUT2D eigenvalue weighted by molar-refractivity contribution is 0.0655. The predicted molar refractivity (Wildman–Crippen MR) is 91.7 cm³/mol. The van der Waals surface area contributed by atoms with E-state index >= 15 is 0 Å². The van der Waals surface area contributed by atoms with Crippen molar-refractivity contribution in [1.82, 2.24) is 15.1 Å². The molecule has 0 radical (unpaired) electrons. The van der Waals surface area contributed by atoms with Crippen LogP contribution in [0.15, 0.2) is 24.3 Å². The Morgan fingerprint density at radius 2 is 2.10 bits per heavy atom. The number of carbonyl (C=O) groups excluding carboxylic acids is 1. The number of piperazine rings is 1. The van der Waals surface area contributed by atoms with Crippen LogP contribution >= 0.6 is 24.8 Å². The van der Waals surface area contributed by atoms with Gasteiger partial charge in [-0.15, -0.1) is 24.8 Å². The molecule has 1 aromatic rings. The molecule has 1 heterocycles. The van der Waals surface area contributed by atoms with E-state index in [9.17, 15) is 4.79 Å². The summed E-state index contributed by atoms with van der Waals surface area (Å²) in [4.78, 5) is 16.6. The topological polar surface area (TPSA) is 35.6 Å². The molecule has 0 bridgehead atoms. The Morgan fingerprint density at radius 1 is 1.38 bits per heavy atom. The van der Waals surface area contributed by atoms with Gasteiger partial charge in [-0.1, -0.05) is 12.1 Å². The number of nitrogens with zero attached hydrogens (tertiary/aromatic N) is 2. The highest BCUT2D eigenvalue weighted by Gasteiger charge is 2.23. The second kappa shape index (κ2) is 9.26. The molecule has 0 aromatic heterocycles. The van der Waals surface area contributed by atoms with Crippen molar-refractivity contribution in [2.24, 2.45) is 0 Å². The molecule has 1 atom stereocenters. The maximum absolute atomic E-state index is 12.5. The zero-order valence-electron chi connectivity index (χ0n) is 12.8. The van der Waals surface area contributed by atoms with Crippen molar-refractivity contribution in [3.05, 3.63) is 35.4 Å². The molecule has 1 aliphatic rings. The van der Waals surface area contributed by atoms with E-state index in [0.29, 0.717) is 0 Å². The largest absolute Gasteiger partial charge is 0.333 e. The van der Waals surface area contributed by atoms with Crippen molar-refractivity contribution in [3.8, 4) is 0 Å². The fourth-order valence-corrected chi connectivity index (χ4v) is 2.48. The number of hydrogen-bond donors (Lipinski definition) is 1. The van der Waals surface area contributed by atoms with Gasteiger partial charge in [-0.3, -0.25) is 4.79 Å². The van der Waals surface area contributed by atoms with Crippen LogP contribution in [0.5, 0.6) is 0 Å². The number of carbonyl (C=O) groups is 1. The highest BCUT2D eigenvalue weighted by atomic mass is 35.5. The average molecular weight is 334 g/mol. The maximum Gasteiger partial charge on any atom is 0.254 e. The summed E-state index contributed by atoms with van der Waals surface area (Å²) in [6, 6.07) is 8.23. The predicted octanol–water partition coefficient (Wildman–Crippen LogP) is 2.03. The van der Waals surface area contributed by atoms with E-state index in [0.717, 1.165) is 31.7 Å². The highest BCUT2D eigenvalue weighted by Crippen LogP contribution is 2.13. The molecule has 21 heavy (non-hydrogen) atoms. The quantitative estimate of drug-likeness (QED) is 0.919. The molecule has 1 fully saturated rings. The van der Waals surface area contributed by atoms with Crippen LogP contribution in [0.3, 0.4) is 0 Å². The summed E-state index contributed by atoms with van der Waals surface area (Å²) in [6.45, 7) is 5.50. The van der Waals surface area contributed by atoms with Gasteiger partial charge in [0.1, 0.15) is 0 Å². The summed E-state index contributed by atoms with van der Waals surface area (Å²) in [7, 11) is 4.07. The summed E-state index contributed by atoms with van der Waals surface area (Å²) in [5.74, 6) is 0.148. The summed E-state index contributed by atoms with van der Waals surface area (Å²) < 4.78 is 0. The third-order valence-corrected chi connectivity index (χ3v) is 3.43. The fourth-order valence-electron chi connectivity index (χ4n) is 2.48. The Balaban J connectivity index is 0.00000200. The normalized spacial score (nSPS) is 17.9. The van der Waals surface area contributed by atoms with Crippen molar-refractivity contribution in [1.29, 1.82) is 0 Å². The van der Waals surface area contributed by atoms with Gasteiger partial charge in [0.25, 0.3) is 5.91 Å². The Morgan fingerprint density at radius 3 is 2.71 bits per heavy atom. The van der Waals surface area contributed by atoms with Crippen LogP contribution in [0.1, 0.15) is 22.8 Å². The van der Waals surface area contributed by atoms with Gasteiger partial charge in [-0.2, -0.15) is 0 Å². The highest BCUT2D eigenvalue weighted by molar-refractivity contribution is 5.94. The molecule has 1 amide bonds. The molecule has 0 spiro atoms. The minimum atomic E-state index is 0. The smallest absolute Gasteiger partial charge is 0.254 e. The number of halogens is 2.